The van der Waals surface area contributed by atoms with E-state index in [9.17, 15) is 4.79 Å². The zero-order valence-corrected chi connectivity index (χ0v) is 11.3. The Bertz CT molecular complexity index is 607. The highest BCUT2D eigenvalue weighted by Crippen LogP contribution is 2.32. The van der Waals surface area contributed by atoms with E-state index in [0.717, 1.165) is 12.2 Å². The predicted molar refractivity (Wildman–Crippen MR) is 73.3 cm³/mol. The van der Waals surface area contributed by atoms with Gasteiger partial charge in [-0.3, -0.25) is 4.79 Å². The molecule has 0 aromatic carbocycles. The fourth-order valence-electron chi connectivity index (χ4n) is 2.13. The van der Waals surface area contributed by atoms with E-state index in [1.165, 1.54) is 0 Å². The lowest BCUT2D eigenvalue weighted by Crippen LogP contribution is -2.44. The van der Waals surface area contributed by atoms with E-state index in [-0.39, 0.29) is 5.91 Å². The number of anilines is 1. The number of rotatable bonds is 3. The molecule has 1 unspecified atom stereocenters. The Morgan fingerprint density at radius 2 is 2.53 bits per heavy atom. The third-order valence-electron chi connectivity index (χ3n) is 3.32. The highest BCUT2D eigenvalue weighted by atomic mass is 32.2. The van der Waals surface area contributed by atoms with Crippen molar-refractivity contribution in [2.45, 2.75) is 12.0 Å². The van der Waals surface area contributed by atoms with Gasteiger partial charge in [-0.1, -0.05) is 0 Å². The van der Waals surface area contributed by atoms with Gasteiger partial charge in [0.25, 0.3) is 5.91 Å². The minimum Gasteiger partial charge on any atom is -0.367 e. The van der Waals surface area contributed by atoms with Crippen LogP contribution in [0.5, 0.6) is 0 Å². The number of methoxy groups -OCH3 is 1. The van der Waals surface area contributed by atoms with Crippen LogP contribution in [-0.4, -0.2) is 44.7 Å². The Labute approximate surface area is 114 Å². The first-order valence-corrected chi connectivity index (χ1v) is 7.13. The van der Waals surface area contributed by atoms with Crippen molar-refractivity contribution in [1.29, 1.82) is 0 Å². The number of nitrogens with zero attached hydrogens (tertiary/aromatic N) is 3. The van der Waals surface area contributed by atoms with E-state index in [1.54, 1.807) is 48.0 Å². The fraction of sp³-hybridized carbons (Fsp3) is 0.417. The van der Waals surface area contributed by atoms with Gasteiger partial charge >= 0.3 is 0 Å². The van der Waals surface area contributed by atoms with Crippen molar-refractivity contribution in [1.82, 2.24) is 14.6 Å². The summed E-state index contributed by atoms with van der Waals surface area (Å²) in [6.45, 7) is 0. The Kier molecular flexibility index (Phi) is 3.16. The molecule has 1 saturated heterocycles. The molecule has 1 amide bonds. The van der Waals surface area contributed by atoms with Crippen LogP contribution in [0.15, 0.2) is 24.7 Å². The Morgan fingerprint density at radius 3 is 3.26 bits per heavy atom. The van der Waals surface area contributed by atoms with Crippen molar-refractivity contribution in [2.75, 3.05) is 23.9 Å². The number of carbonyl (C=O) groups excluding carboxylic acids is 1. The topological polar surface area (TPSA) is 68.5 Å². The van der Waals surface area contributed by atoms with Crippen molar-refractivity contribution >= 4 is 29.0 Å². The molecule has 1 atom stereocenters. The van der Waals surface area contributed by atoms with Crippen LogP contribution in [0.3, 0.4) is 0 Å². The highest BCUT2D eigenvalue weighted by Gasteiger charge is 2.42. The van der Waals surface area contributed by atoms with E-state index in [2.05, 4.69) is 15.4 Å². The monoisotopic (exact) mass is 278 g/mol. The number of carbonyl (C=O) groups is 1. The van der Waals surface area contributed by atoms with Gasteiger partial charge in [0.1, 0.15) is 5.69 Å². The summed E-state index contributed by atoms with van der Waals surface area (Å²) in [5, 5.41) is 7.02. The van der Waals surface area contributed by atoms with Crippen LogP contribution in [0.4, 0.5) is 5.69 Å². The van der Waals surface area contributed by atoms with E-state index in [1.807, 2.05) is 0 Å². The van der Waals surface area contributed by atoms with Crippen LogP contribution >= 0.6 is 11.8 Å². The highest BCUT2D eigenvalue weighted by molar-refractivity contribution is 7.99. The number of ether oxygens (including phenoxy) is 1. The number of aromatic nitrogens is 3. The summed E-state index contributed by atoms with van der Waals surface area (Å²) >= 11 is 1.73. The summed E-state index contributed by atoms with van der Waals surface area (Å²) in [5.74, 6) is 1.50. The van der Waals surface area contributed by atoms with Crippen LogP contribution in [0.1, 0.15) is 6.42 Å². The van der Waals surface area contributed by atoms with E-state index < -0.39 is 5.60 Å². The van der Waals surface area contributed by atoms with Gasteiger partial charge < -0.3 is 10.1 Å². The first-order valence-electron chi connectivity index (χ1n) is 5.98. The van der Waals surface area contributed by atoms with Crippen molar-refractivity contribution in [3.8, 4) is 0 Å². The molecule has 1 aliphatic heterocycles. The summed E-state index contributed by atoms with van der Waals surface area (Å²) in [6.07, 6.45) is 5.79. The van der Waals surface area contributed by atoms with Gasteiger partial charge in [-0.2, -0.15) is 16.9 Å². The van der Waals surface area contributed by atoms with Crippen LogP contribution in [0.2, 0.25) is 0 Å². The molecule has 0 bridgehead atoms. The number of amides is 1. The Hall–Kier alpha value is -1.60. The smallest absolute Gasteiger partial charge is 0.257 e. The minimum atomic E-state index is -0.728. The maximum absolute atomic E-state index is 12.4. The molecule has 7 heteroatoms. The summed E-state index contributed by atoms with van der Waals surface area (Å²) in [6, 6.07) is 1.79. The van der Waals surface area contributed by atoms with Crippen molar-refractivity contribution in [3.63, 3.8) is 0 Å². The number of hydrogen-bond donors (Lipinski definition) is 1. The molecule has 1 N–H and O–H groups in total. The molecule has 1 fully saturated rings. The molecule has 0 saturated carbocycles. The van der Waals surface area contributed by atoms with Crippen LogP contribution in [0.25, 0.3) is 5.65 Å². The van der Waals surface area contributed by atoms with Gasteiger partial charge in [-0.05, 0) is 18.2 Å². The van der Waals surface area contributed by atoms with Crippen molar-refractivity contribution in [2.24, 2.45) is 0 Å². The quantitative estimate of drug-likeness (QED) is 0.913. The summed E-state index contributed by atoms with van der Waals surface area (Å²) in [7, 11) is 1.58. The average Bonchev–Trinajstić information content (AvgIpc) is 3.07. The van der Waals surface area contributed by atoms with Crippen molar-refractivity contribution < 1.29 is 9.53 Å². The zero-order chi connectivity index (χ0) is 13.3. The molecule has 3 rings (SSSR count). The van der Waals surface area contributed by atoms with Gasteiger partial charge in [-0.15, -0.1) is 0 Å². The lowest BCUT2D eigenvalue weighted by Gasteiger charge is -2.24. The van der Waals surface area contributed by atoms with Gasteiger partial charge in [0, 0.05) is 25.3 Å². The summed E-state index contributed by atoms with van der Waals surface area (Å²) < 4.78 is 7.06. The minimum absolute atomic E-state index is 0.124. The summed E-state index contributed by atoms with van der Waals surface area (Å²) in [4.78, 5) is 16.6. The Morgan fingerprint density at radius 1 is 1.63 bits per heavy atom. The molecule has 0 aliphatic carbocycles. The first kappa shape index (κ1) is 12.4. The molecule has 1 aliphatic rings. The van der Waals surface area contributed by atoms with Crippen molar-refractivity contribution in [3.05, 3.63) is 24.7 Å². The first-order chi connectivity index (χ1) is 9.25. The molecule has 3 heterocycles. The predicted octanol–water partition coefficient (Wildman–Crippen LogP) is 1.19. The maximum atomic E-state index is 12.4. The second kappa shape index (κ2) is 4.82. The second-order valence-corrected chi connectivity index (χ2v) is 5.51. The molecular weight excluding hydrogens is 264 g/mol. The normalized spacial score (nSPS) is 22.8. The van der Waals surface area contributed by atoms with E-state index >= 15 is 0 Å². The zero-order valence-electron chi connectivity index (χ0n) is 10.5. The van der Waals surface area contributed by atoms with E-state index in [4.69, 9.17) is 4.74 Å². The standard InChI is InChI=1S/C12H14N4O2S/c1-18-12(3-6-19-8-12)11(17)15-9-7-14-16-5-2-4-13-10(9)16/h2,4-5,7H,3,6,8H2,1H3,(H,15,17). The number of nitrogens with one attached hydrogen (secondary N) is 1. The lowest BCUT2D eigenvalue weighted by molar-refractivity contribution is -0.134. The molecule has 100 valence electrons. The number of thioether (sulfide) groups is 1. The average molecular weight is 278 g/mol. The van der Waals surface area contributed by atoms with Gasteiger partial charge in [0.05, 0.1) is 6.20 Å². The van der Waals surface area contributed by atoms with Crippen LogP contribution in [0, 0.1) is 0 Å². The molecule has 0 radical (unpaired) electrons. The third kappa shape index (κ3) is 2.08. The number of fused-ring (bicyclic) bond motifs is 1. The molecule has 2 aromatic rings. The number of hydrogen-bond acceptors (Lipinski definition) is 5. The Balaban J connectivity index is 1.86. The van der Waals surface area contributed by atoms with Crippen LogP contribution in [-0.2, 0) is 9.53 Å². The molecule has 2 aromatic heterocycles. The molecular formula is C12H14N4O2S. The molecule has 0 spiro atoms. The second-order valence-electron chi connectivity index (χ2n) is 4.40. The summed E-state index contributed by atoms with van der Waals surface area (Å²) in [5.41, 5.74) is 0.514. The van der Waals surface area contributed by atoms with E-state index in [0.29, 0.717) is 17.1 Å². The fourth-order valence-corrected chi connectivity index (χ4v) is 3.47. The maximum Gasteiger partial charge on any atom is 0.257 e. The SMILES string of the molecule is COC1(C(=O)Nc2cnn3cccnc23)CCSC1. The largest absolute Gasteiger partial charge is 0.367 e. The third-order valence-corrected chi connectivity index (χ3v) is 4.48. The van der Waals surface area contributed by atoms with Gasteiger partial charge in [-0.25, -0.2) is 9.50 Å². The molecule has 19 heavy (non-hydrogen) atoms. The molecule has 6 nitrogen and oxygen atoms in total. The van der Waals surface area contributed by atoms with Gasteiger partial charge in [0.2, 0.25) is 0 Å². The van der Waals surface area contributed by atoms with Crippen LogP contribution < -0.4 is 5.32 Å². The van der Waals surface area contributed by atoms with Gasteiger partial charge in [0.15, 0.2) is 11.2 Å². The lowest BCUT2D eigenvalue weighted by atomic mass is 10.0.